The number of nitrogens with two attached hydrogens (primary N) is 1. The molecule has 13 nitrogen and oxygen atoms in total. The number of benzene rings is 2. The molecular formula is C32H39Cl3N5O8P. The molecule has 0 radical (unpaired) electrons. The number of ether oxygens (including phenoxy) is 1. The van der Waals surface area contributed by atoms with Gasteiger partial charge in [0.1, 0.15) is 24.2 Å². The Labute approximate surface area is 299 Å². The van der Waals surface area contributed by atoms with Crippen LogP contribution in [-0.2, 0) is 38.5 Å². The summed E-state index contributed by atoms with van der Waals surface area (Å²) in [4.78, 5) is 48.6. The molecule has 0 aliphatic carbocycles. The Kier molecular flexibility index (Phi) is 14.4. The monoisotopic (exact) mass is 757 g/mol. The van der Waals surface area contributed by atoms with Gasteiger partial charge in [-0.25, -0.2) is 9.86 Å². The number of carboxylic acids is 1. The zero-order valence-electron chi connectivity index (χ0n) is 27.3. The number of nitrogens with zero attached hydrogens (tertiary/aromatic N) is 4. The smallest absolute Gasteiger partial charge is 0.350 e. The van der Waals surface area contributed by atoms with Gasteiger partial charge in [-0.05, 0) is 50.8 Å². The number of carbonyl (C=O) groups excluding carboxylic acids is 1. The summed E-state index contributed by atoms with van der Waals surface area (Å²) in [7, 11) is -3.10. The van der Waals surface area contributed by atoms with Gasteiger partial charge in [-0.1, -0.05) is 58.9 Å². The van der Waals surface area contributed by atoms with Crippen LogP contribution in [0.5, 0.6) is 5.75 Å². The quantitative estimate of drug-likeness (QED) is 0.198. The number of carboxylic acid groups (broad SMARTS) is 1. The van der Waals surface area contributed by atoms with Crippen molar-refractivity contribution in [3.8, 4) is 23.8 Å². The van der Waals surface area contributed by atoms with Crippen LogP contribution in [0.1, 0.15) is 44.5 Å². The predicted octanol–water partition coefficient (Wildman–Crippen LogP) is 5.02. The molecule has 1 fully saturated rings. The van der Waals surface area contributed by atoms with Gasteiger partial charge in [0, 0.05) is 36.9 Å². The summed E-state index contributed by atoms with van der Waals surface area (Å²) in [6.45, 7) is 6.53. The largest absolute Gasteiger partial charge is 0.480 e. The Hall–Kier alpha value is -3.34. The molecule has 0 spiro atoms. The van der Waals surface area contributed by atoms with Crippen LogP contribution < -0.4 is 16.2 Å². The number of fused-ring (bicyclic) bond motifs is 1. The molecule has 2 aromatic carbocycles. The summed E-state index contributed by atoms with van der Waals surface area (Å²) in [6, 6.07) is 9.54. The molecule has 3 aromatic rings. The van der Waals surface area contributed by atoms with Gasteiger partial charge in [0.05, 0.1) is 34.3 Å². The average molecular weight is 759 g/mol. The number of hydrogen-bond acceptors (Lipinski definition) is 8. The lowest BCUT2D eigenvalue weighted by Gasteiger charge is -2.16. The van der Waals surface area contributed by atoms with Crippen LogP contribution in [0.2, 0.25) is 15.1 Å². The van der Waals surface area contributed by atoms with Gasteiger partial charge in [-0.15, -0.1) is 11.5 Å². The fraction of sp³-hybridized carbons (Fsp3) is 0.438. The summed E-state index contributed by atoms with van der Waals surface area (Å²) >= 11 is 18.3. The van der Waals surface area contributed by atoms with Gasteiger partial charge in [-0.3, -0.25) is 23.6 Å². The Morgan fingerprint density at radius 1 is 1.18 bits per heavy atom. The number of hydrogen-bond donors (Lipinski definition) is 3. The average Bonchev–Trinajstić information content (AvgIpc) is 3.51. The van der Waals surface area contributed by atoms with E-state index >= 15 is 0 Å². The third kappa shape index (κ3) is 11.3. The van der Waals surface area contributed by atoms with E-state index in [1.165, 1.54) is 22.5 Å². The molecule has 17 heteroatoms. The molecule has 49 heavy (non-hydrogen) atoms. The van der Waals surface area contributed by atoms with E-state index in [4.69, 9.17) is 66.5 Å². The van der Waals surface area contributed by atoms with E-state index in [1.807, 2.05) is 38.1 Å². The van der Waals surface area contributed by atoms with E-state index in [0.717, 1.165) is 30.7 Å². The van der Waals surface area contributed by atoms with Crippen molar-refractivity contribution in [1.29, 1.82) is 0 Å². The summed E-state index contributed by atoms with van der Waals surface area (Å²) in [5.74, 6) is 2.38. The lowest BCUT2D eigenvalue weighted by atomic mass is 9.95. The van der Waals surface area contributed by atoms with Gasteiger partial charge in [0.25, 0.3) is 5.91 Å². The first-order valence-electron chi connectivity index (χ1n) is 15.2. The predicted molar refractivity (Wildman–Crippen MR) is 188 cm³/mol. The van der Waals surface area contributed by atoms with E-state index in [9.17, 15) is 18.9 Å². The van der Waals surface area contributed by atoms with Gasteiger partial charge < -0.3 is 20.5 Å². The fourth-order valence-corrected chi connectivity index (χ4v) is 6.04. The highest BCUT2D eigenvalue weighted by molar-refractivity contribution is 7.57. The maximum absolute atomic E-state index is 12.5. The zero-order valence-corrected chi connectivity index (χ0v) is 30.4. The zero-order chi connectivity index (χ0) is 36.5. The number of terminal acetylenes is 1. The SMILES string of the molecule is C#CCOc1cc(-n2nc3n(c2=O)CCCC3)c(Cl)cc1Cl.CC1(C)CON(Cc2ccccc2Cl)C1=O.CP(=O)(O)CCC(N)C(=O)O. The molecule has 1 amide bonds. The molecule has 2 atom stereocenters. The molecule has 2 aliphatic rings. The number of aromatic nitrogens is 3. The van der Waals surface area contributed by atoms with E-state index in [-0.39, 0.29) is 30.8 Å². The van der Waals surface area contributed by atoms with E-state index in [1.54, 1.807) is 10.6 Å². The highest BCUT2D eigenvalue weighted by atomic mass is 35.5. The van der Waals surface area contributed by atoms with Crippen molar-refractivity contribution in [1.82, 2.24) is 19.4 Å². The number of carbonyl (C=O) groups is 2. The van der Waals surface area contributed by atoms with Crippen molar-refractivity contribution < 1.29 is 33.7 Å². The molecule has 1 saturated heterocycles. The second-order valence-electron chi connectivity index (χ2n) is 12.0. The summed E-state index contributed by atoms with van der Waals surface area (Å²) in [5, 5.41) is 15.4. The first-order chi connectivity index (χ1) is 22.9. The van der Waals surface area contributed by atoms with Crippen LogP contribution in [0.15, 0.2) is 41.2 Å². The summed E-state index contributed by atoms with van der Waals surface area (Å²) < 4.78 is 19.0. The van der Waals surface area contributed by atoms with Gasteiger partial charge in [0.2, 0.25) is 0 Å². The maximum atomic E-state index is 12.5. The van der Waals surface area contributed by atoms with Crippen LogP contribution in [0, 0.1) is 17.8 Å². The van der Waals surface area contributed by atoms with Crippen molar-refractivity contribution in [3.05, 3.63) is 73.3 Å². The third-order valence-corrected chi connectivity index (χ3v) is 9.40. The molecule has 4 N–H and O–H groups in total. The number of halogens is 3. The van der Waals surface area contributed by atoms with Crippen molar-refractivity contribution in [2.24, 2.45) is 11.1 Å². The van der Waals surface area contributed by atoms with Crippen molar-refractivity contribution in [3.63, 3.8) is 0 Å². The van der Waals surface area contributed by atoms with Crippen LogP contribution in [0.3, 0.4) is 0 Å². The highest BCUT2D eigenvalue weighted by Crippen LogP contribution is 2.36. The Balaban J connectivity index is 0.000000213. The van der Waals surface area contributed by atoms with Gasteiger partial charge in [-0.2, -0.15) is 4.68 Å². The number of rotatable bonds is 9. The van der Waals surface area contributed by atoms with Gasteiger partial charge in [0.15, 0.2) is 7.37 Å². The Morgan fingerprint density at radius 3 is 2.45 bits per heavy atom. The first kappa shape index (κ1) is 40.1. The molecular weight excluding hydrogens is 720 g/mol. The maximum Gasteiger partial charge on any atom is 0.350 e. The molecule has 0 saturated carbocycles. The first-order valence-corrected chi connectivity index (χ1v) is 18.6. The molecule has 1 aromatic heterocycles. The standard InChI is InChI=1S/C15H13Cl2N3O2.C12H14ClNO2.C5H12NO4P/c1-2-7-22-13-9-12(10(16)8-11(13)17)20-15(21)19-6-4-3-5-14(19)18-20;1-12(2)8-16-14(11(12)15)7-9-5-3-4-6-10(9)13;1-11(9,10)3-2-4(6)5(7)8/h1,8-9H,3-7H2;3-6H,7-8H2,1-2H3;4H,2-3,6H2,1H3,(H,7,8)(H,9,10). The molecule has 2 unspecified atom stereocenters. The molecule has 3 heterocycles. The number of amides is 1. The lowest BCUT2D eigenvalue weighted by molar-refractivity contribution is -0.165. The van der Waals surface area contributed by atoms with Crippen LogP contribution >= 0.6 is 42.2 Å². The molecule has 5 rings (SSSR count). The number of hydroxylamine groups is 2. The summed E-state index contributed by atoms with van der Waals surface area (Å²) in [5.41, 5.74) is 5.79. The van der Waals surface area contributed by atoms with Crippen LogP contribution in [0.4, 0.5) is 0 Å². The molecule has 266 valence electrons. The number of aliphatic carboxylic acids is 1. The van der Waals surface area contributed by atoms with Crippen molar-refractivity contribution in [2.45, 2.75) is 58.7 Å². The van der Waals surface area contributed by atoms with Crippen LogP contribution in [-0.4, -0.2) is 73.4 Å². The van der Waals surface area contributed by atoms with Crippen molar-refractivity contribution in [2.75, 3.05) is 26.0 Å². The third-order valence-electron chi connectivity index (χ3n) is 7.34. The number of aryl methyl sites for hydroxylation is 1. The second kappa shape index (κ2) is 17.5. The highest BCUT2D eigenvalue weighted by Gasteiger charge is 2.40. The van der Waals surface area contributed by atoms with E-state index in [0.29, 0.717) is 46.2 Å². The Morgan fingerprint density at radius 2 is 1.88 bits per heavy atom. The minimum absolute atomic E-state index is 0.00687. The minimum Gasteiger partial charge on any atom is -0.480 e. The molecule has 2 aliphatic heterocycles. The molecule has 0 bridgehead atoms. The topological polar surface area (TPSA) is 179 Å². The van der Waals surface area contributed by atoms with Gasteiger partial charge >= 0.3 is 11.7 Å². The summed E-state index contributed by atoms with van der Waals surface area (Å²) in [6.07, 6.45) is 7.97. The van der Waals surface area contributed by atoms with E-state index in [2.05, 4.69) is 11.0 Å². The Bertz CT molecular complexity index is 1800. The minimum atomic E-state index is -3.10. The van der Waals surface area contributed by atoms with Crippen molar-refractivity contribution >= 4 is 54.0 Å². The normalized spacial score (nSPS) is 16.6. The fourth-order valence-electron chi connectivity index (χ4n) is 4.57. The second-order valence-corrected chi connectivity index (χ2v) is 15.8. The van der Waals surface area contributed by atoms with E-state index < -0.39 is 24.8 Å². The van der Waals surface area contributed by atoms with Crippen LogP contribution in [0.25, 0.3) is 5.69 Å². The lowest BCUT2D eigenvalue weighted by Crippen LogP contribution is -2.30.